The van der Waals surface area contributed by atoms with E-state index in [1.807, 2.05) is 18.3 Å². The Bertz CT molecular complexity index is 622. The van der Waals surface area contributed by atoms with Crippen molar-refractivity contribution >= 4 is 11.2 Å². The number of fused-ring (bicyclic) bond motifs is 1. The van der Waals surface area contributed by atoms with Crippen molar-refractivity contribution in [2.45, 2.75) is 51.6 Å². The highest BCUT2D eigenvalue weighted by molar-refractivity contribution is 5.71. The van der Waals surface area contributed by atoms with E-state index in [1.54, 1.807) is 0 Å². The summed E-state index contributed by atoms with van der Waals surface area (Å²) in [5.41, 5.74) is 1.96. The third-order valence-corrected chi connectivity index (χ3v) is 4.60. The van der Waals surface area contributed by atoms with Crippen LogP contribution in [0.3, 0.4) is 0 Å². The summed E-state index contributed by atoms with van der Waals surface area (Å²) in [4.78, 5) is 11.9. The molecule has 1 unspecified atom stereocenters. The van der Waals surface area contributed by atoms with Crippen molar-refractivity contribution in [2.24, 2.45) is 0 Å². The fourth-order valence-electron chi connectivity index (χ4n) is 3.44. The van der Waals surface area contributed by atoms with Gasteiger partial charge in [0.2, 0.25) is 0 Å². The number of aliphatic hydroxyl groups is 1. The van der Waals surface area contributed by atoms with E-state index in [0.717, 1.165) is 36.4 Å². The normalized spacial score (nSPS) is 20.1. The molecule has 5 nitrogen and oxygen atoms in total. The van der Waals surface area contributed by atoms with Crippen LogP contribution in [0, 0.1) is 0 Å². The molecule has 0 spiro atoms. The van der Waals surface area contributed by atoms with Crippen LogP contribution < -0.4 is 0 Å². The molecule has 3 rings (SSSR count). The zero-order valence-corrected chi connectivity index (χ0v) is 13.6. The van der Waals surface area contributed by atoms with E-state index in [2.05, 4.69) is 28.3 Å². The Kier molecular flexibility index (Phi) is 4.74. The number of likely N-dealkylation sites (tertiary alicyclic amines) is 1. The van der Waals surface area contributed by atoms with Crippen molar-refractivity contribution in [1.82, 2.24) is 19.4 Å². The van der Waals surface area contributed by atoms with E-state index >= 15 is 0 Å². The van der Waals surface area contributed by atoms with E-state index in [0.29, 0.717) is 12.1 Å². The number of hydrogen-bond donors (Lipinski definition) is 1. The number of piperidine rings is 1. The van der Waals surface area contributed by atoms with Gasteiger partial charge in [-0.05, 0) is 51.8 Å². The van der Waals surface area contributed by atoms with Crippen LogP contribution in [0.15, 0.2) is 18.3 Å². The lowest BCUT2D eigenvalue weighted by molar-refractivity contribution is 0.143. The van der Waals surface area contributed by atoms with Gasteiger partial charge in [-0.15, -0.1) is 0 Å². The van der Waals surface area contributed by atoms with Gasteiger partial charge in [-0.1, -0.05) is 0 Å². The van der Waals surface area contributed by atoms with Crippen LogP contribution in [0.1, 0.15) is 45.0 Å². The van der Waals surface area contributed by atoms with Crippen LogP contribution in [0.4, 0.5) is 0 Å². The second-order valence-electron chi connectivity index (χ2n) is 6.46. The fraction of sp³-hybridized carbons (Fsp3) is 0.647. The van der Waals surface area contributed by atoms with Crippen LogP contribution in [0.25, 0.3) is 11.2 Å². The molecule has 3 heterocycles. The molecule has 0 amide bonds. The second kappa shape index (κ2) is 6.75. The topological polar surface area (TPSA) is 54.2 Å². The first-order valence-corrected chi connectivity index (χ1v) is 8.37. The van der Waals surface area contributed by atoms with Gasteiger partial charge >= 0.3 is 0 Å². The molecule has 1 aliphatic heterocycles. The van der Waals surface area contributed by atoms with E-state index in [1.165, 1.54) is 19.4 Å². The number of nitrogens with zero attached hydrogens (tertiary/aromatic N) is 4. The average molecular weight is 302 g/mol. The Morgan fingerprint density at radius 3 is 3.05 bits per heavy atom. The van der Waals surface area contributed by atoms with E-state index in [4.69, 9.17) is 10.1 Å². The van der Waals surface area contributed by atoms with Gasteiger partial charge in [0.25, 0.3) is 0 Å². The number of pyridine rings is 1. The molecule has 1 aliphatic rings. The van der Waals surface area contributed by atoms with Gasteiger partial charge in [-0.25, -0.2) is 9.97 Å². The van der Waals surface area contributed by atoms with Gasteiger partial charge in [0.05, 0.1) is 0 Å². The van der Waals surface area contributed by atoms with E-state index in [-0.39, 0.29) is 6.61 Å². The lowest BCUT2D eigenvalue weighted by Crippen LogP contribution is -2.41. The molecule has 1 fully saturated rings. The number of rotatable bonds is 5. The average Bonchev–Trinajstić information content (AvgIpc) is 2.91. The third-order valence-electron chi connectivity index (χ3n) is 4.60. The zero-order valence-electron chi connectivity index (χ0n) is 13.6. The molecule has 2 aromatic heterocycles. The Labute approximate surface area is 132 Å². The van der Waals surface area contributed by atoms with Crippen molar-refractivity contribution in [3.63, 3.8) is 0 Å². The second-order valence-corrected chi connectivity index (χ2v) is 6.46. The number of aryl methyl sites for hydroxylation is 1. The summed E-state index contributed by atoms with van der Waals surface area (Å²) in [5, 5.41) is 9.16. The highest BCUT2D eigenvalue weighted by Gasteiger charge is 2.26. The monoisotopic (exact) mass is 302 g/mol. The Morgan fingerprint density at radius 2 is 2.27 bits per heavy atom. The van der Waals surface area contributed by atoms with E-state index in [9.17, 15) is 0 Å². The summed E-state index contributed by atoms with van der Waals surface area (Å²) in [6.45, 7) is 6.98. The van der Waals surface area contributed by atoms with Crippen molar-refractivity contribution in [1.29, 1.82) is 0 Å². The third kappa shape index (κ3) is 3.01. The number of imidazole rings is 1. The molecule has 1 N–H and O–H groups in total. The zero-order chi connectivity index (χ0) is 15.5. The Balaban J connectivity index is 1.96. The predicted octanol–water partition coefficient (Wildman–Crippen LogP) is 2.40. The standard InChI is InChI=1S/C17H26N4O/c1-13(2)20-10-4-6-14(12-20)21-16(8-5-11-22)19-15-7-3-9-18-17(15)21/h3,7,9,13-14,22H,4-6,8,10-12H2,1-2H3. The number of aromatic nitrogens is 3. The first-order chi connectivity index (χ1) is 10.7. The van der Waals surface area contributed by atoms with Gasteiger partial charge in [-0.3, -0.25) is 4.90 Å². The van der Waals surface area contributed by atoms with Crippen LogP contribution in [-0.4, -0.2) is 50.3 Å². The lowest BCUT2D eigenvalue weighted by Gasteiger charge is -2.36. The van der Waals surface area contributed by atoms with Gasteiger partial charge in [0, 0.05) is 37.9 Å². The first kappa shape index (κ1) is 15.4. The van der Waals surface area contributed by atoms with Gasteiger partial charge in [0.15, 0.2) is 5.65 Å². The van der Waals surface area contributed by atoms with Gasteiger partial charge in [-0.2, -0.15) is 0 Å². The molecule has 0 radical (unpaired) electrons. The molecule has 5 heteroatoms. The molecule has 1 atom stereocenters. The molecule has 1 saturated heterocycles. The minimum absolute atomic E-state index is 0.208. The number of hydrogen-bond acceptors (Lipinski definition) is 4. The molecular formula is C17H26N4O. The largest absolute Gasteiger partial charge is 0.396 e. The molecule has 2 aromatic rings. The highest BCUT2D eigenvalue weighted by Crippen LogP contribution is 2.28. The Hall–Kier alpha value is -1.46. The summed E-state index contributed by atoms with van der Waals surface area (Å²) in [6, 6.07) is 4.98. The molecule has 0 saturated carbocycles. The maximum Gasteiger partial charge on any atom is 0.160 e. The van der Waals surface area contributed by atoms with Crippen LogP contribution >= 0.6 is 0 Å². The van der Waals surface area contributed by atoms with Crippen molar-refractivity contribution in [3.8, 4) is 0 Å². The van der Waals surface area contributed by atoms with Crippen LogP contribution in [-0.2, 0) is 6.42 Å². The highest BCUT2D eigenvalue weighted by atomic mass is 16.2. The lowest BCUT2D eigenvalue weighted by atomic mass is 10.0. The molecule has 22 heavy (non-hydrogen) atoms. The first-order valence-electron chi connectivity index (χ1n) is 8.37. The van der Waals surface area contributed by atoms with Gasteiger partial charge < -0.3 is 9.67 Å². The van der Waals surface area contributed by atoms with Crippen LogP contribution in [0.2, 0.25) is 0 Å². The minimum atomic E-state index is 0.208. The fourth-order valence-corrected chi connectivity index (χ4v) is 3.44. The summed E-state index contributed by atoms with van der Waals surface area (Å²) in [5.74, 6) is 1.07. The quantitative estimate of drug-likeness (QED) is 0.921. The summed E-state index contributed by atoms with van der Waals surface area (Å²) in [7, 11) is 0. The van der Waals surface area contributed by atoms with E-state index < -0.39 is 0 Å². The molecule has 0 aromatic carbocycles. The summed E-state index contributed by atoms with van der Waals surface area (Å²) in [6.07, 6.45) is 5.81. The molecule has 0 bridgehead atoms. The molecular weight excluding hydrogens is 276 g/mol. The van der Waals surface area contributed by atoms with Gasteiger partial charge in [0.1, 0.15) is 11.3 Å². The minimum Gasteiger partial charge on any atom is -0.396 e. The predicted molar refractivity (Wildman–Crippen MR) is 87.9 cm³/mol. The molecule has 120 valence electrons. The summed E-state index contributed by atoms with van der Waals surface area (Å²) >= 11 is 0. The Morgan fingerprint density at radius 1 is 1.41 bits per heavy atom. The smallest absolute Gasteiger partial charge is 0.160 e. The SMILES string of the molecule is CC(C)N1CCCC(n2c(CCCO)nc3cccnc32)C1. The summed E-state index contributed by atoms with van der Waals surface area (Å²) < 4.78 is 2.33. The van der Waals surface area contributed by atoms with Crippen molar-refractivity contribution in [2.75, 3.05) is 19.7 Å². The van der Waals surface area contributed by atoms with Crippen molar-refractivity contribution < 1.29 is 5.11 Å². The maximum absolute atomic E-state index is 9.16. The van der Waals surface area contributed by atoms with Crippen LogP contribution in [0.5, 0.6) is 0 Å². The van der Waals surface area contributed by atoms with Crippen molar-refractivity contribution in [3.05, 3.63) is 24.2 Å². The molecule has 0 aliphatic carbocycles. The number of aliphatic hydroxyl groups excluding tert-OH is 1. The maximum atomic E-state index is 9.16.